The minimum absolute atomic E-state index is 0.232. The maximum atomic E-state index is 15.7. The molecule has 4 aliphatic carbocycles. The van der Waals surface area contributed by atoms with Crippen LogP contribution in [0.25, 0.3) is 0 Å². The molecule has 5 rings (SSSR count). The van der Waals surface area contributed by atoms with Crippen molar-refractivity contribution in [3.8, 4) is 0 Å². The van der Waals surface area contributed by atoms with Crippen molar-refractivity contribution in [2.75, 3.05) is 6.61 Å². The summed E-state index contributed by atoms with van der Waals surface area (Å²) in [7, 11) is 0. The molecule has 5 fully saturated rings. The first-order chi connectivity index (χ1) is 27.9. The van der Waals surface area contributed by atoms with Crippen molar-refractivity contribution in [1.29, 1.82) is 0 Å². The third kappa shape index (κ3) is 11.7. The van der Waals surface area contributed by atoms with Gasteiger partial charge in [0.15, 0.2) is 0 Å². The van der Waals surface area contributed by atoms with E-state index in [0.29, 0.717) is 70.0 Å². The van der Waals surface area contributed by atoms with Crippen molar-refractivity contribution in [2.45, 2.75) is 262 Å². The number of rotatable bonds is 10. The zero-order valence-electron chi connectivity index (χ0n) is 38.2. The highest BCUT2D eigenvalue weighted by Crippen LogP contribution is 2.57. The summed E-state index contributed by atoms with van der Waals surface area (Å²) in [5.74, 6) is -0.855. The van der Waals surface area contributed by atoms with Crippen LogP contribution in [0.4, 0.5) is 4.79 Å². The van der Waals surface area contributed by atoms with Gasteiger partial charge in [-0.1, -0.05) is 104 Å². The van der Waals surface area contributed by atoms with E-state index in [1.54, 1.807) is 6.92 Å². The predicted octanol–water partition coefficient (Wildman–Crippen LogP) is 12.9. The molecular weight excluding hydrogens is 745 g/mol. The Morgan fingerprint density at radius 2 is 1.08 bits per heavy atom. The largest absolute Gasteiger partial charge is 0.506 e. The molecule has 2 N–H and O–H groups in total. The summed E-state index contributed by atoms with van der Waals surface area (Å²) < 4.78 is 26.8. The molecule has 1 saturated heterocycles. The van der Waals surface area contributed by atoms with Crippen LogP contribution in [0.2, 0.25) is 0 Å². The van der Waals surface area contributed by atoms with E-state index in [4.69, 9.17) is 18.9 Å². The van der Waals surface area contributed by atoms with Gasteiger partial charge in [0.2, 0.25) is 0 Å². The Bertz CT molecular complexity index is 1390. The molecule has 1 heterocycles. The maximum absolute atomic E-state index is 15.7. The topological polar surface area (TPSA) is 129 Å². The van der Waals surface area contributed by atoms with Gasteiger partial charge in [-0.25, -0.2) is 9.59 Å². The molecule has 9 nitrogen and oxygen atoms in total. The lowest BCUT2D eigenvalue weighted by Crippen LogP contribution is -2.57. The average molecular weight is 829 g/mol. The fraction of sp³-hybridized carbons (Fsp3) is 0.900. The summed E-state index contributed by atoms with van der Waals surface area (Å²) >= 11 is 0. The number of carboxylic acid groups (broad SMARTS) is 1. The number of ether oxygens (including phenoxy) is 4. The Morgan fingerprint density at radius 3 is 1.63 bits per heavy atom. The van der Waals surface area contributed by atoms with E-state index < -0.39 is 45.0 Å². The third-order valence-electron chi connectivity index (χ3n) is 16.6. The Morgan fingerprint density at radius 1 is 0.593 bits per heavy atom. The fourth-order valence-electron chi connectivity index (χ4n) is 12.4. The quantitative estimate of drug-likeness (QED) is 0.0957. The molecule has 3 atom stereocenters. The first kappa shape index (κ1) is 47.9. The molecule has 3 unspecified atom stereocenters. The summed E-state index contributed by atoms with van der Waals surface area (Å²) in [6.45, 7) is 14.3. The lowest BCUT2D eigenvalue weighted by Gasteiger charge is -2.51. The van der Waals surface area contributed by atoms with Crippen LogP contribution in [0, 0.1) is 16.7 Å². The van der Waals surface area contributed by atoms with Crippen LogP contribution in [0.5, 0.6) is 0 Å². The second-order valence-corrected chi connectivity index (χ2v) is 21.4. The lowest BCUT2D eigenvalue weighted by atomic mass is 9.60. The van der Waals surface area contributed by atoms with E-state index in [2.05, 4.69) is 20.4 Å². The molecule has 0 aromatic heterocycles. The van der Waals surface area contributed by atoms with Crippen molar-refractivity contribution in [1.82, 2.24) is 0 Å². The number of hydrogen-bond acceptors (Lipinski definition) is 8. The second kappa shape index (κ2) is 20.4. The number of fused-ring (bicyclic) bond motifs is 3. The highest BCUT2D eigenvalue weighted by molar-refractivity contribution is 5.87. The van der Waals surface area contributed by atoms with Gasteiger partial charge in [-0.05, 0) is 136 Å². The first-order valence-corrected chi connectivity index (χ1v) is 24.3. The molecule has 0 radical (unpaired) electrons. The number of carbonyl (C=O) groups is 3. The molecule has 4 saturated carbocycles. The molecule has 59 heavy (non-hydrogen) atoms. The smallest absolute Gasteiger partial charge is 0.458 e. The van der Waals surface area contributed by atoms with E-state index in [-0.39, 0.29) is 17.9 Å². The molecule has 0 aromatic carbocycles. The predicted molar refractivity (Wildman–Crippen MR) is 232 cm³/mol. The van der Waals surface area contributed by atoms with Gasteiger partial charge in [-0.2, -0.15) is 0 Å². The van der Waals surface area contributed by atoms with Gasteiger partial charge >= 0.3 is 18.1 Å². The van der Waals surface area contributed by atoms with Crippen LogP contribution in [-0.2, 0) is 28.5 Å². The van der Waals surface area contributed by atoms with Gasteiger partial charge in [0.1, 0.15) is 16.8 Å². The number of carbonyl (C=O) groups excluding carboxylic acids is 2. The maximum Gasteiger partial charge on any atom is 0.506 e. The Kier molecular flexibility index (Phi) is 16.5. The molecule has 0 amide bonds. The monoisotopic (exact) mass is 829 g/mol. The minimum atomic E-state index is -1.28. The molecule has 9 heteroatoms. The fourth-order valence-corrected chi connectivity index (χ4v) is 12.4. The van der Waals surface area contributed by atoms with E-state index in [1.807, 2.05) is 13.8 Å². The molecule has 0 spiro atoms. The average Bonchev–Trinajstić information content (AvgIpc) is 3.53. The number of aliphatic hydroxyl groups is 1. The second-order valence-electron chi connectivity index (χ2n) is 21.4. The van der Waals surface area contributed by atoms with Crippen molar-refractivity contribution in [3.63, 3.8) is 0 Å². The van der Waals surface area contributed by atoms with Crippen LogP contribution in [0.1, 0.15) is 234 Å². The van der Waals surface area contributed by atoms with Gasteiger partial charge in [-0.15, -0.1) is 0 Å². The van der Waals surface area contributed by atoms with Crippen molar-refractivity contribution in [2.24, 2.45) is 16.7 Å². The molecule has 0 aromatic rings. The van der Waals surface area contributed by atoms with Crippen LogP contribution in [-0.4, -0.2) is 62.9 Å². The summed E-state index contributed by atoms with van der Waals surface area (Å²) in [4.78, 5) is 41.8. The highest BCUT2D eigenvalue weighted by atomic mass is 16.7. The SMILES string of the molecule is C=C(C)C(=O)OC1(CC(CC2(O)CCCCCC2)C2(OC(=O)C34CCCCC(OC(=O)O)(CC3)C(C)(C)CCOC4(C)C)CCCC2)CCCCCCCCCCCC1. The number of hydrogen-bond donors (Lipinski definition) is 2. The van der Waals surface area contributed by atoms with Crippen LogP contribution < -0.4 is 0 Å². The van der Waals surface area contributed by atoms with Gasteiger partial charge in [0.25, 0.3) is 0 Å². The van der Waals surface area contributed by atoms with Gasteiger partial charge in [-0.3, -0.25) is 4.79 Å². The summed E-state index contributed by atoms with van der Waals surface area (Å²) in [6, 6.07) is 0. The van der Waals surface area contributed by atoms with Gasteiger partial charge < -0.3 is 29.2 Å². The van der Waals surface area contributed by atoms with Crippen molar-refractivity contribution < 1.29 is 43.5 Å². The Hall–Kier alpha value is -2.13. The Balaban J connectivity index is 1.59. The summed E-state index contributed by atoms with van der Waals surface area (Å²) in [5, 5.41) is 22.7. The standard InChI is InChI=1S/C50H84O9/c1-39(2)41(51)57-47(27-19-13-11-9-7-8-10-12-14-20-28-47)38-40(37-46(55)25-17-15-16-18-26-46)49(30-22-23-31-49)58-42(52)48-29-21-24-32-50(34-33-48,59-43(53)54)44(3,4)35-36-56-45(48,5)6/h40,55H,1,7-38H2,2-6H3,(H,53,54). The zero-order chi connectivity index (χ0) is 42.8. The normalized spacial score (nSPS) is 30.7. The highest BCUT2D eigenvalue weighted by Gasteiger charge is 2.61. The van der Waals surface area contributed by atoms with Crippen LogP contribution in [0.3, 0.4) is 0 Å². The van der Waals surface area contributed by atoms with E-state index in [1.165, 1.54) is 38.5 Å². The van der Waals surface area contributed by atoms with E-state index >= 15 is 4.79 Å². The van der Waals surface area contributed by atoms with Crippen molar-refractivity contribution >= 4 is 18.1 Å². The van der Waals surface area contributed by atoms with Gasteiger partial charge in [0.05, 0.1) is 16.6 Å². The van der Waals surface area contributed by atoms with Crippen LogP contribution in [0.15, 0.2) is 12.2 Å². The molecule has 1 aliphatic heterocycles. The van der Waals surface area contributed by atoms with E-state index in [9.17, 15) is 19.8 Å². The Labute approximate surface area is 357 Å². The minimum Gasteiger partial charge on any atom is -0.458 e. The molecule has 5 aliphatic rings. The van der Waals surface area contributed by atoms with Crippen LogP contribution >= 0.6 is 0 Å². The van der Waals surface area contributed by atoms with Gasteiger partial charge in [0, 0.05) is 23.5 Å². The molecule has 338 valence electrons. The first-order valence-electron chi connectivity index (χ1n) is 24.3. The number of esters is 2. The lowest BCUT2D eigenvalue weighted by molar-refractivity contribution is -0.209. The molecule has 2 bridgehead atoms. The molecular formula is C50H84O9. The van der Waals surface area contributed by atoms with Crippen molar-refractivity contribution in [3.05, 3.63) is 12.2 Å². The third-order valence-corrected chi connectivity index (χ3v) is 16.6. The zero-order valence-corrected chi connectivity index (χ0v) is 38.2. The van der Waals surface area contributed by atoms with E-state index in [0.717, 1.165) is 103 Å². The summed E-state index contributed by atoms with van der Waals surface area (Å²) in [5.41, 5.74) is -5.54. The summed E-state index contributed by atoms with van der Waals surface area (Å²) in [6.07, 6.45) is 25.6.